The van der Waals surface area contributed by atoms with E-state index in [1.54, 1.807) is 4.68 Å². The minimum Gasteiger partial charge on any atom is -0.476 e. The lowest BCUT2D eigenvalue weighted by Crippen LogP contribution is -2.46. The first-order valence-corrected chi connectivity index (χ1v) is 6.86. The predicted octanol–water partition coefficient (Wildman–Crippen LogP) is 1.97. The van der Waals surface area contributed by atoms with Gasteiger partial charge in [0.05, 0.1) is 12.2 Å². The van der Waals surface area contributed by atoms with Crippen LogP contribution in [0.2, 0.25) is 0 Å². The second kappa shape index (κ2) is 3.56. The maximum absolute atomic E-state index is 11.2. The molecule has 0 saturated heterocycles. The van der Waals surface area contributed by atoms with Crippen LogP contribution in [0.3, 0.4) is 0 Å². The molecule has 1 heterocycles. The molecule has 5 rings (SSSR count). The van der Waals surface area contributed by atoms with Crippen LogP contribution >= 0.6 is 0 Å². The topological polar surface area (TPSA) is 68.0 Å². The van der Waals surface area contributed by atoms with E-state index < -0.39 is 5.97 Å². The number of carbonyl (C=O) groups is 1. The zero-order chi connectivity index (χ0) is 12.3. The van der Waals surface area contributed by atoms with Crippen LogP contribution in [0.5, 0.6) is 0 Å². The molecule has 1 aromatic rings. The lowest BCUT2D eigenvalue weighted by molar-refractivity contribution is -0.0353. The number of aromatic carboxylic acids is 1. The van der Waals surface area contributed by atoms with Gasteiger partial charge in [-0.15, -0.1) is 5.10 Å². The number of hydrogen-bond donors (Lipinski definition) is 1. The van der Waals surface area contributed by atoms with E-state index in [1.807, 2.05) is 0 Å². The molecule has 0 spiro atoms. The molecule has 0 unspecified atom stereocenters. The van der Waals surface area contributed by atoms with Crippen molar-refractivity contribution in [3.05, 3.63) is 11.9 Å². The summed E-state index contributed by atoms with van der Waals surface area (Å²) in [5.41, 5.74) is 0.257. The monoisotopic (exact) mass is 247 g/mol. The number of hydrogen-bond acceptors (Lipinski definition) is 3. The Kier molecular flexibility index (Phi) is 2.08. The summed E-state index contributed by atoms with van der Waals surface area (Å²) in [6.07, 6.45) is 7.83. The molecule has 5 nitrogen and oxygen atoms in total. The minimum absolute atomic E-state index is 0.257. The standard InChI is InChI=1S/C13H17N3O2/c17-13(18)11-6-14-15-16(11)12-9-2-7-1-8(4-9)5-10(12)3-7/h6-10,12H,1-5H2,(H,17,18). The van der Waals surface area contributed by atoms with E-state index in [-0.39, 0.29) is 11.7 Å². The van der Waals surface area contributed by atoms with Crippen molar-refractivity contribution in [1.29, 1.82) is 0 Å². The van der Waals surface area contributed by atoms with Gasteiger partial charge in [0.1, 0.15) is 0 Å². The maximum Gasteiger partial charge on any atom is 0.355 e. The Morgan fingerprint density at radius 2 is 1.78 bits per heavy atom. The van der Waals surface area contributed by atoms with Crippen LogP contribution in [0.15, 0.2) is 6.20 Å². The van der Waals surface area contributed by atoms with E-state index in [0.717, 1.165) is 11.8 Å². The van der Waals surface area contributed by atoms with E-state index in [2.05, 4.69) is 10.3 Å². The summed E-state index contributed by atoms with van der Waals surface area (Å²) in [7, 11) is 0. The van der Waals surface area contributed by atoms with Gasteiger partial charge in [-0.1, -0.05) is 5.21 Å². The van der Waals surface area contributed by atoms with Crippen LogP contribution in [0.25, 0.3) is 0 Å². The Bertz CT molecular complexity index is 468. The molecule has 1 aromatic heterocycles. The van der Waals surface area contributed by atoms with Crippen LogP contribution < -0.4 is 0 Å². The molecular formula is C13H17N3O2. The summed E-state index contributed by atoms with van der Waals surface area (Å²) >= 11 is 0. The zero-order valence-corrected chi connectivity index (χ0v) is 10.2. The number of nitrogens with zero attached hydrogens (tertiary/aromatic N) is 3. The van der Waals surface area contributed by atoms with Gasteiger partial charge in [0.2, 0.25) is 0 Å². The molecule has 96 valence electrons. The van der Waals surface area contributed by atoms with E-state index in [0.29, 0.717) is 11.8 Å². The van der Waals surface area contributed by atoms with E-state index in [9.17, 15) is 9.90 Å². The molecule has 4 saturated carbocycles. The molecule has 0 aromatic carbocycles. The first-order valence-electron chi connectivity index (χ1n) is 6.86. The van der Waals surface area contributed by atoms with Crippen molar-refractivity contribution in [2.45, 2.75) is 38.1 Å². The molecule has 0 aliphatic heterocycles. The minimum atomic E-state index is -0.909. The fourth-order valence-electron chi connectivity index (χ4n) is 4.91. The molecule has 18 heavy (non-hydrogen) atoms. The summed E-state index contributed by atoms with van der Waals surface area (Å²) in [6, 6.07) is 0.284. The Morgan fingerprint density at radius 1 is 1.17 bits per heavy atom. The molecular weight excluding hydrogens is 230 g/mol. The highest BCUT2D eigenvalue weighted by atomic mass is 16.4. The van der Waals surface area contributed by atoms with Crippen molar-refractivity contribution in [3.63, 3.8) is 0 Å². The second-order valence-corrected chi connectivity index (χ2v) is 6.29. The van der Waals surface area contributed by atoms with Gasteiger partial charge < -0.3 is 5.11 Å². The number of carboxylic acid groups (broad SMARTS) is 1. The van der Waals surface area contributed by atoms with Crippen LogP contribution in [0.4, 0.5) is 0 Å². The first-order chi connectivity index (χ1) is 8.72. The summed E-state index contributed by atoms with van der Waals surface area (Å²) in [5, 5.41) is 17.1. The summed E-state index contributed by atoms with van der Waals surface area (Å²) in [4.78, 5) is 11.2. The fourth-order valence-corrected chi connectivity index (χ4v) is 4.91. The highest BCUT2D eigenvalue weighted by Gasteiger charge is 2.50. The van der Waals surface area contributed by atoms with Gasteiger partial charge in [-0.05, 0) is 55.8 Å². The number of carboxylic acids is 1. The lowest BCUT2D eigenvalue weighted by atomic mass is 9.54. The SMILES string of the molecule is O=C(O)c1cnnn1C1C2CC3CC(C2)CC1C3. The van der Waals surface area contributed by atoms with Crippen molar-refractivity contribution >= 4 is 5.97 Å². The third kappa shape index (κ3) is 1.36. The predicted molar refractivity (Wildman–Crippen MR) is 63.1 cm³/mol. The smallest absolute Gasteiger partial charge is 0.355 e. The number of aromatic nitrogens is 3. The van der Waals surface area contributed by atoms with E-state index in [4.69, 9.17) is 0 Å². The van der Waals surface area contributed by atoms with Gasteiger partial charge in [0.15, 0.2) is 5.69 Å². The summed E-state index contributed by atoms with van der Waals surface area (Å²) < 4.78 is 1.70. The average Bonchev–Trinajstić information content (AvgIpc) is 2.76. The highest BCUT2D eigenvalue weighted by Crippen LogP contribution is 2.58. The zero-order valence-electron chi connectivity index (χ0n) is 10.2. The Labute approximate surface area is 105 Å². The molecule has 0 atom stereocenters. The van der Waals surface area contributed by atoms with Gasteiger partial charge in [-0.3, -0.25) is 0 Å². The van der Waals surface area contributed by atoms with Gasteiger partial charge in [0.25, 0.3) is 0 Å². The average molecular weight is 247 g/mol. The molecule has 4 aliphatic carbocycles. The molecule has 1 N–H and O–H groups in total. The van der Waals surface area contributed by atoms with Crippen molar-refractivity contribution in [2.24, 2.45) is 23.7 Å². The largest absolute Gasteiger partial charge is 0.476 e. The van der Waals surface area contributed by atoms with Crippen LogP contribution in [0.1, 0.15) is 48.6 Å². The Hall–Kier alpha value is -1.39. The number of rotatable bonds is 2. The summed E-state index contributed by atoms with van der Waals surface area (Å²) in [6.45, 7) is 0. The van der Waals surface area contributed by atoms with Gasteiger partial charge in [0, 0.05) is 0 Å². The van der Waals surface area contributed by atoms with Crippen LogP contribution in [-0.4, -0.2) is 26.1 Å². The third-order valence-electron chi connectivity index (χ3n) is 5.25. The normalized spacial score (nSPS) is 41.2. The maximum atomic E-state index is 11.2. The third-order valence-corrected chi connectivity index (χ3v) is 5.25. The second-order valence-electron chi connectivity index (χ2n) is 6.29. The van der Waals surface area contributed by atoms with Crippen molar-refractivity contribution in [3.8, 4) is 0 Å². The van der Waals surface area contributed by atoms with Crippen molar-refractivity contribution in [1.82, 2.24) is 15.0 Å². The van der Waals surface area contributed by atoms with Crippen LogP contribution in [-0.2, 0) is 0 Å². The van der Waals surface area contributed by atoms with Gasteiger partial charge in [-0.2, -0.15) is 0 Å². The van der Waals surface area contributed by atoms with Crippen molar-refractivity contribution < 1.29 is 9.90 Å². The molecule has 4 fully saturated rings. The molecule has 0 amide bonds. The molecule has 0 radical (unpaired) electrons. The molecule has 4 bridgehead atoms. The highest BCUT2D eigenvalue weighted by molar-refractivity contribution is 5.85. The quantitative estimate of drug-likeness (QED) is 0.867. The lowest BCUT2D eigenvalue weighted by Gasteiger charge is -2.54. The van der Waals surface area contributed by atoms with Crippen molar-refractivity contribution in [2.75, 3.05) is 0 Å². The van der Waals surface area contributed by atoms with Gasteiger partial charge >= 0.3 is 5.97 Å². The van der Waals surface area contributed by atoms with Crippen LogP contribution in [0, 0.1) is 23.7 Å². The van der Waals surface area contributed by atoms with Gasteiger partial charge in [-0.25, -0.2) is 9.48 Å². The first kappa shape index (κ1) is 10.5. The van der Waals surface area contributed by atoms with E-state index >= 15 is 0 Å². The fraction of sp³-hybridized carbons (Fsp3) is 0.769. The van der Waals surface area contributed by atoms with E-state index in [1.165, 1.54) is 38.3 Å². The summed E-state index contributed by atoms with van der Waals surface area (Å²) in [5.74, 6) is 2.12. The Balaban J connectivity index is 1.72. The molecule has 5 heteroatoms. The Morgan fingerprint density at radius 3 is 2.33 bits per heavy atom. The molecule has 4 aliphatic rings.